The number of amides is 4. The number of nitrogens with zero attached hydrogens (tertiary/aromatic N) is 3. The van der Waals surface area contributed by atoms with Gasteiger partial charge in [0, 0.05) is 36.4 Å². The van der Waals surface area contributed by atoms with Gasteiger partial charge in [0.05, 0.1) is 23.5 Å². The third kappa shape index (κ3) is 6.27. The third-order valence-electron chi connectivity index (χ3n) is 10.7. The van der Waals surface area contributed by atoms with Crippen LogP contribution in [0.25, 0.3) is 0 Å². The van der Waals surface area contributed by atoms with Gasteiger partial charge in [0.2, 0.25) is 11.8 Å². The topological polar surface area (TPSA) is 160 Å². The van der Waals surface area contributed by atoms with E-state index in [9.17, 15) is 24.3 Å². The molecule has 266 valence electrons. The molecular formula is C40H39N5O7. The van der Waals surface area contributed by atoms with Gasteiger partial charge < -0.3 is 19.9 Å². The average molecular weight is 702 g/mol. The van der Waals surface area contributed by atoms with Crippen molar-refractivity contribution in [3.63, 3.8) is 0 Å². The summed E-state index contributed by atoms with van der Waals surface area (Å²) in [6.45, 7) is 1.62. The molecule has 2 atom stereocenters. The Hall–Kier alpha value is -5.62. The maximum absolute atomic E-state index is 13.2. The molecule has 0 spiro atoms. The van der Waals surface area contributed by atoms with Crippen LogP contribution in [-0.2, 0) is 15.0 Å². The first-order chi connectivity index (χ1) is 25.2. The van der Waals surface area contributed by atoms with Crippen molar-refractivity contribution in [1.82, 2.24) is 20.2 Å². The Labute approximate surface area is 300 Å². The number of carbonyl (C=O) groups excluding carboxylic acids is 4. The maximum Gasteiger partial charge on any atom is 0.262 e. The van der Waals surface area contributed by atoms with Crippen LogP contribution in [0.5, 0.6) is 17.2 Å². The Balaban J connectivity index is 0.864. The highest BCUT2D eigenvalue weighted by atomic mass is 16.5. The predicted octanol–water partition coefficient (Wildman–Crippen LogP) is 5.61. The fourth-order valence-electron chi connectivity index (χ4n) is 7.92. The molecule has 3 aromatic carbocycles. The molecule has 8 rings (SSSR count). The Bertz CT molecular complexity index is 2020. The first-order valence-electron chi connectivity index (χ1n) is 17.8. The Morgan fingerprint density at radius 1 is 0.846 bits per heavy atom. The fourth-order valence-corrected chi connectivity index (χ4v) is 7.92. The number of imide groups is 2. The monoisotopic (exact) mass is 701 g/mol. The van der Waals surface area contributed by atoms with Crippen LogP contribution in [0.1, 0.15) is 102 Å². The molecule has 4 amide bonds. The number of piperidine rings is 1. The van der Waals surface area contributed by atoms with Crippen molar-refractivity contribution >= 4 is 29.3 Å². The van der Waals surface area contributed by atoms with Crippen LogP contribution in [0.3, 0.4) is 0 Å². The summed E-state index contributed by atoms with van der Waals surface area (Å²) in [5.41, 5.74) is 3.68. The molecule has 3 heterocycles. The van der Waals surface area contributed by atoms with E-state index in [1.807, 2.05) is 12.1 Å². The van der Waals surface area contributed by atoms with Crippen molar-refractivity contribution in [2.45, 2.75) is 88.0 Å². The smallest absolute Gasteiger partial charge is 0.262 e. The third-order valence-corrected chi connectivity index (χ3v) is 10.7. The van der Waals surface area contributed by atoms with Gasteiger partial charge in [-0.25, -0.2) is 9.97 Å². The van der Waals surface area contributed by atoms with E-state index in [4.69, 9.17) is 9.47 Å². The molecule has 2 aliphatic carbocycles. The Kier molecular flexibility index (Phi) is 8.70. The molecule has 0 bridgehead atoms. The fraction of sp³-hybridized carbons (Fsp3) is 0.350. The van der Waals surface area contributed by atoms with Gasteiger partial charge >= 0.3 is 0 Å². The number of fused-ring (bicyclic) bond motifs is 1. The van der Waals surface area contributed by atoms with E-state index in [0.717, 1.165) is 54.9 Å². The molecule has 1 aromatic heterocycles. The SMILES string of the molecule is CC(O)c1ncc(Oc2ccc(C3(c4ccc(O[C@H]5C[C@H](Nc6ccc7c(c6)C(=O)N(C6CCC(=O)NC6=O)C7=O)C5)cc4)CCCC3)cc2)cn1. The highest BCUT2D eigenvalue weighted by Crippen LogP contribution is 2.47. The van der Waals surface area contributed by atoms with Gasteiger partial charge in [-0.05, 0) is 79.8 Å². The minimum absolute atomic E-state index is 0.0469. The molecule has 3 fully saturated rings. The number of ether oxygens (including phenoxy) is 2. The lowest BCUT2D eigenvalue weighted by molar-refractivity contribution is -0.136. The molecule has 2 aliphatic heterocycles. The number of rotatable bonds is 10. The molecule has 4 aliphatic rings. The summed E-state index contributed by atoms with van der Waals surface area (Å²) >= 11 is 0. The molecule has 12 nitrogen and oxygen atoms in total. The molecule has 52 heavy (non-hydrogen) atoms. The zero-order valence-electron chi connectivity index (χ0n) is 28.7. The predicted molar refractivity (Wildman–Crippen MR) is 189 cm³/mol. The summed E-state index contributed by atoms with van der Waals surface area (Å²) in [7, 11) is 0. The van der Waals surface area contributed by atoms with Crippen molar-refractivity contribution in [2.75, 3.05) is 5.32 Å². The van der Waals surface area contributed by atoms with E-state index in [0.29, 0.717) is 17.3 Å². The van der Waals surface area contributed by atoms with E-state index in [-0.39, 0.29) is 41.5 Å². The van der Waals surface area contributed by atoms with E-state index in [1.54, 1.807) is 37.5 Å². The standard InChI is InChI=1S/C40H39N5O7/c1-23(46)36-41-21-31(22-42-36)52-29-11-6-25(7-12-29)40(16-2-3-17-40)24-4-9-28(10-5-24)51-30-18-27(19-30)43-26-8-13-32-33(20-26)39(50)45(38(32)49)34-14-15-35(47)44-37(34)48/h4-13,20-23,27,30,34,43,46H,2-3,14-19H2,1H3,(H,44,47,48)/t23?,27-,30-,34?. The van der Waals surface area contributed by atoms with Gasteiger partial charge in [-0.15, -0.1) is 0 Å². The first-order valence-corrected chi connectivity index (χ1v) is 17.8. The molecule has 1 saturated heterocycles. The van der Waals surface area contributed by atoms with Crippen LogP contribution >= 0.6 is 0 Å². The van der Waals surface area contributed by atoms with Gasteiger partial charge in [0.25, 0.3) is 11.8 Å². The van der Waals surface area contributed by atoms with Crippen LogP contribution < -0.4 is 20.1 Å². The lowest BCUT2D eigenvalue weighted by Gasteiger charge is -2.36. The highest BCUT2D eigenvalue weighted by Gasteiger charge is 2.45. The Morgan fingerprint density at radius 2 is 1.48 bits per heavy atom. The zero-order valence-corrected chi connectivity index (χ0v) is 28.7. The summed E-state index contributed by atoms with van der Waals surface area (Å²) < 4.78 is 12.3. The number of nitrogens with one attached hydrogen (secondary N) is 2. The summed E-state index contributed by atoms with van der Waals surface area (Å²) in [6.07, 6.45) is 8.66. The van der Waals surface area contributed by atoms with E-state index in [1.165, 1.54) is 11.1 Å². The van der Waals surface area contributed by atoms with E-state index < -0.39 is 35.8 Å². The second-order valence-corrected chi connectivity index (χ2v) is 14.2. The van der Waals surface area contributed by atoms with Gasteiger partial charge in [-0.3, -0.25) is 29.4 Å². The Morgan fingerprint density at radius 3 is 2.12 bits per heavy atom. The number of carbonyl (C=O) groups is 4. The number of aliphatic hydroxyl groups is 1. The molecule has 2 unspecified atom stereocenters. The van der Waals surface area contributed by atoms with Crippen LogP contribution in [0.2, 0.25) is 0 Å². The van der Waals surface area contributed by atoms with Gasteiger partial charge in [-0.2, -0.15) is 0 Å². The van der Waals surface area contributed by atoms with Gasteiger partial charge in [0.1, 0.15) is 29.7 Å². The number of hydrogen-bond acceptors (Lipinski definition) is 10. The molecule has 12 heteroatoms. The largest absolute Gasteiger partial charge is 0.490 e. The number of aromatic nitrogens is 2. The second-order valence-electron chi connectivity index (χ2n) is 14.2. The van der Waals surface area contributed by atoms with Crippen molar-refractivity contribution in [2.24, 2.45) is 0 Å². The molecule has 4 aromatic rings. The van der Waals surface area contributed by atoms with Gasteiger partial charge in [-0.1, -0.05) is 37.1 Å². The molecular weight excluding hydrogens is 662 g/mol. The lowest BCUT2D eigenvalue weighted by Crippen LogP contribution is -2.54. The number of aliphatic hydroxyl groups excluding tert-OH is 1. The summed E-state index contributed by atoms with van der Waals surface area (Å²) in [4.78, 5) is 59.4. The van der Waals surface area contributed by atoms with Crippen LogP contribution in [0.15, 0.2) is 79.1 Å². The quantitative estimate of drug-likeness (QED) is 0.178. The molecule has 3 N–H and O–H groups in total. The van der Waals surface area contributed by atoms with Crippen molar-refractivity contribution in [3.05, 3.63) is 107 Å². The molecule has 0 radical (unpaired) electrons. The van der Waals surface area contributed by atoms with E-state index in [2.05, 4.69) is 57.0 Å². The summed E-state index contributed by atoms with van der Waals surface area (Å²) in [5.74, 6) is 0.319. The van der Waals surface area contributed by atoms with Crippen LogP contribution in [0.4, 0.5) is 5.69 Å². The lowest BCUT2D eigenvalue weighted by atomic mass is 9.73. The van der Waals surface area contributed by atoms with Crippen molar-refractivity contribution in [3.8, 4) is 17.2 Å². The maximum atomic E-state index is 13.2. The normalized spacial score (nSPS) is 22.7. The number of hydrogen-bond donors (Lipinski definition) is 3. The van der Waals surface area contributed by atoms with Crippen molar-refractivity contribution < 1.29 is 33.8 Å². The van der Waals surface area contributed by atoms with Crippen LogP contribution in [0, 0.1) is 0 Å². The number of anilines is 1. The molecule has 2 saturated carbocycles. The summed E-state index contributed by atoms with van der Waals surface area (Å²) in [5, 5.41) is 15.3. The average Bonchev–Trinajstić information content (AvgIpc) is 3.72. The van der Waals surface area contributed by atoms with Crippen LogP contribution in [-0.4, -0.2) is 61.8 Å². The van der Waals surface area contributed by atoms with Gasteiger partial charge in [0.15, 0.2) is 11.6 Å². The number of benzene rings is 3. The minimum atomic E-state index is -0.987. The zero-order chi connectivity index (χ0) is 36.0. The highest BCUT2D eigenvalue weighted by molar-refractivity contribution is 6.23. The summed E-state index contributed by atoms with van der Waals surface area (Å²) in [6, 6.07) is 20.9. The minimum Gasteiger partial charge on any atom is -0.490 e. The van der Waals surface area contributed by atoms with Crippen molar-refractivity contribution in [1.29, 1.82) is 0 Å². The second kappa shape index (κ2) is 13.5. The van der Waals surface area contributed by atoms with E-state index >= 15 is 0 Å². The first kappa shape index (κ1) is 33.5.